The molecule has 0 aliphatic carbocycles. The summed E-state index contributed by atoms with van der Waals surface area (Å²) in [5, 5.41) is 13.6. The topological polar surface area (TPSA) is 98.7 Å². The lowest BCUT2D eigenvalue weighted by Gasteiger charge is -2.31. The van der Waals surface area contributed by atoms with Gasteiger partial charge in [-0.05, 0) is 25.3 Å². The maximum Gasteiger partial charge on any atom is 0.225 e. The highest BCUT2D eigenvalue weighted by Crippen LogP contribution is 2.24. The summed E-state index contributed by atoms with van der Waals surface area (Å²) in [7, 11) is 0. The second-order valence-corrected chi connectivity index (χ2v) is 6.94. The van der Waals surface area contributed by atoms with E-state index in [0.717, 1.165) is 0 Å². The Bertz CT molecular complexity index is 618. The van der Waals surface area contributed by atoms with Crippen molar-refractivity contribution in [3.05, 3.63) is 18.5 Å². The number of likely N-dealkylation sites (tertiary alicyclic amines) is 1. The number of amides is 2. The fourth-order valence-electron chi connectivity index (χ4n) is 3.48. The van der Waals surface area contributed by atoms with E-state index in [1.807, 2.05) is 4.90 Å². The lowest BCUT2D eigenvalue weighted by atomic mass is 9.95. The summed E-state index contributed by atoms with van der Waals surface area (Å²) >= 11 is 0. The SMILES string of the molecule is CC(=O)N1CCC(C(=O)NC[C@@]2(O)CCN(c3ncccn3)C2)CC1. The number of aromatic nitrogens is 2. The van der Waals surface area contributed by atoms with Gasteiger partial charge in [-0.1, -0.05) is 0 Å². The predicted octanol–water partition coefficient (Wildman–Crippen LogP) is -0.207. The van der Waals surface area contributed by atoms with Gasteiger partial charge in [0.2, 0.25) is 17.8 Å². The number of hydrogen-bond acceptors (Lipinski definition) is 6. The number of β-amino-alcohol motifs (C(OH)–C–C–N with tert-alkyl or cyclic N) is 1. The lowest BCUT2D eigenvalue weighted by molar-refractivity contribution is -0.134. The van der Waals surface area contributed by atoms with E-state index >= 15 is 0 Å². The fourth-order valence-corrected chi connectivity index (χ4v) is 3.48. The standard InChI is InChI=1S/C17H25N5O3/c1-13(23)21-8-3-14(4-9-21)15(24)20-11-17(25)5-10-22(12-17)16-18-6-2-7-19-16/h2,6-7,14,25H,3-5,8-12H2,1H3,(H,20,24)/t17-/m0/s1. The second-order valence-electron chi connectivity index (χ2n) is 6.94. The average molecular weight is 347 g/mol. The third kappa shape index (κ3) is 4.25. The molecule has 2 amide bonds. The number of nitrogens with zero attached hydrogens (tertiary/aromatic N) is 4. The minimum atomic E-state index is -0.963. The van der Waals surface area contributed by atoms with Crippen molar-refractivity contribution in [1.82, 2.24) is 20.2 Å². The average Bonchev–Trinajstić information content (AvgIpc) is 3.03. The van der Waals surface area contributed by atoms with E-state index in [0.29, 0.717) is 51.4 Å². The zero-order valence-corrected chi connectivity index (χ0v) is 14.5. The molecule has 0 radical (unpaired) electrons. The molecule has 2 aliphatic heterocycles. The molecule has 2 aliphatic rings. The summed E-state index contributed by atoms with van der Waals surface area (Å²) in [4.78, 5) is 35.8. The van der Waals surface area contributed by atoms with Gasteiger partial charge in [0.05, 0.1) is 6.54 Å². The predicted molar refractivity (Wildman–Crippen MR) is 91.8 cm³/mol. The minimum absolute atomic E-state index is 0.0361. The molecule has 0 bridgehead atoms. The van der Waals surface area contributed by atoms with Gasteiger partial charge >= 0.3 is 0 Å². The van der Waals surface area contributed by atoms with Crippen molar-refractivity contribution in [2.24, 2.45) is 5.92 Å². The van der Waals surface area contributed by atoms with Crippen LogP contribution in [0.2, 0.25) is 0 Å². The monoisotopic (exact) mass is 347 g/mol. The Morgan fingerprint density at radius 1 is 1.28 bits per heavy atom. The van der Waals surface area contributed by atoms with Crippen molar-refractivity contribution in [3.8, 4) is 0 Å². The molecule has 0 unspecified atom stereocenters. The van der Waals surface area contributed by atoms with Crippen LogP contribution in [-0.4, -0.2) is 70.1 Å². The quantitative estimate of drug-likeness (QED) is 0.782. The van der Waals surface area contributed by atoms with Gasteiger partial charge in [-0.2, -0.15) is 0 Å². The number of anilines is 1. The van der Waals surface area contributed by atoms with Crippen LogP contribution < -0.4 is 10.2 Å². The Labute approximate surface area is 147 Å². The minimum Gasteiger partial charge on any atom is -0.386 e. The van der Waals surface area contributed by atoms with E-state index in [1.54, 1.807) is 30.3 Å². The molecule has 0 saturated carbocycles. The Morgan fingerprint density at radius 2 is 1.96 bits per heavy atom. The first-order valence-electron chi connectivity index (χ1n) is 8.74. The van der Waals surface area contributed by atoms with Gasteiger partial charge in [-0.25, -0.2) is 9.97 Å². The van der Waals surface area contributed by atoms with E-state index in [2.05, 4.69) is 15.3 Å². The second kappa shape index (κ2) is 7.35. The van der Waals surface area contributed by atoms with Crippen LogP contribution in [0.25, 0.3) is 0 Å². The molecule has 2 N–H and O–H groups in total. The van der Waals surface area contributed by atoms with Crippen molar-refractivity contribution in [3.63, 3.8) is 0 Å². The van der Waals surface area contributed by atoms with Crippen LogP contribution >= 0.6 is 0 Å². The van der Waals surface area contributed by atoms with Crippen molar-refractivity contribution >= 4 is 17.8 Å². The van der Waals surface area contributed by atoms with Crippen LogP contribution in [0.15, 0.2) is 18.5 Å². The first-order valence-corrected chi connectivity index (χ1v) is 8.74. The van der Waals surface area contributed by atoms with Crippen LogP contribution in [-0.2, 0) is 9.59 Å². The van der Waals surface area contributed by atoms with Crippen molar-refractivity contribution in [2.75, 3.05) is 37.6 Å². The van der Waals surface area contributed by atoms with Crippen molar-refractivity contribution in [1.29, 1.82) is 0 Å². The Kier molecular flexibility index (Phi) is 5.17. The number of aliphatic hydroxyl groups is 1. The first-order chi connectivity index (χ1) is 12.0. The van der Waals surface area contributed by atoms with Gasteiger partial charge < -0.3 is 20.2 Å². The zero-order valence-electron chi connectivity index (χ0n) is 14.5. The number of hydrogen-bond donors (Lipinski definition) is 2. The molecule has 1 aromatic rings. The van der Waals surface area contributed by atoms with E-state index in [-0.39, 0.29) is 24.3 Å². The normalized spacial score (nSPS) is 24.4. The van der Waals surface area contributed by atoms with Gasteiger partial charge in [-0.15, -0.1) is 0 Å². The van der Waals surface area contributed by atoms with Crippen LogP contribution in [0.4, 0.5) is 5.95 Å². The Morgan fingerprint density at radius 3 is 2.60 bits per heavy atom. The maximum absolute atomic E-state index is 12.4. The van der Waals surface area contributed by atoms with Crippen molar-refractivity contribution < 1.29 is 14.7 Å². The fraction of sp³-hybridized carbons (Fsp3) is 0.647. The number of carbonyl (C=O) groups excluding carboxylic acids is 2. The molecule has 25 heavy (non-hydrogen) atoms. The van der Waals surface area contributed by atoms with Crippen LogP contribution in [0, 0.1) is 5.92 Å². The third-order valence-corrected chi connectivity index (χ3v) is 5.07. The number of carbonyl (C=O) groups is 2. The number of piperidine rings is 1. The maximum atomic E-state index is 12.4. The largest absolute Gasteiger partial charge is 0.386 e. The highest BCUT2D eigenvalue weighted by atomic mass is 16.3. The molecule has 0 spiro atoms. The first kappa shape index (κ1) is 17.6. The highest BCUT2D eigenvalue weighted by Gasteiger charge is 2.38. The number of nitrogens with one attached hydrogen (secondary N) is 1. The van der Waals surface area contributed by atoms with Gasteiger partial charge in [0.25, 0.3) is 0 Å². The molecule has 2 fully saturated rings. The summed E-state index contributed by atoms with van der Waals surface area (Å²) in [6.07, 6.45) is 5.26. The summed E-state index contributed by atoms with van der Waals surface area (Å²) in [6, 6.07) is 1.75. The van der Waals surface area contributed by atoms with E-state index in [9.17, 15) is 14.7 Å². The smallest absolute Gasteiger partial charge is 0.225 e. The van der Waals surface area contributed by atoms with Crippen LogP contribution in [0.1, 0.15) is 26.2 Å². The lowest BCUT2D eigenvalue weighted by Crippen LogP contribution is -2.48. The summed E-state index contributed by atoms with van der Waals surface area (Å²) in [6.45, 7) is 4.08. The van der Waals surface area contributed by atoms with E-state index in [4.69, 9.17) is 0 Å². The van der Waals surface area contributed by atoms with Gasteiger partial charge in [0, 0.05) is 51.4 Å². The van der Waals surface area contributed by atoms with Crippen LogP contribution in [0.3, 0.4) is 0 Å². The van der Waals surface area contributed by atoms with E-state index < -0.39 is 5.60 Å². The molecule has 0 aromatic carbocycles. The van der Waals surface area contributed by atoms with Gasteiger partial charge in [0.15, 0.2) is 0 Å². The van der Waals surface area contributed by atoms with Gasteiger partial charge in [0.1, 0.15) is 5.60 Å². The summed E-state index contributed by atoms with van der Waals surface area (Å²) in [5.74, 6) is 0.531. The molecular formula is C17H25N5O3. The van der Waals surface area contributed by atoms with Crippen LogP contribution in [0.5, 0.6) is 0 Å². The summed E-state index contributed by atoms with van der Waals surface area (Å²) < 4.78 is 0. The molecule has 3 rings (SSSR count). The summed E-state index contributed by atoms with van der Waals surface area (Å²) in [5.41, 5.74) is -0.963. The third-order valence-electron chi connectivity index (χ3n) is 5.07. The Hall–Kier alpha value is -2.22. The number of rotatable bonds is 4. The zero-order chi connectivity index (χ0) is 17.9. The molecule has 8 nitrogen and oxygen atoms in total. The molecular weight excluding hydrogens is 322 g/mol. The van der Waals surface area contributed by atoms with Gasteiger partial charge in [-0.3, -0.25) is 9.59 Å². The highest BCUT2D eigenvalue weighted by molar-refractivity contribution is 5.79. The molecule has 136 valence electrons. The van der Waals surface area contributed by atoms with Crippen molar-refractivity contribution in [2.45, 2.75) is 31.8 Å². The van der Waals surface area contributed by atoms with E-state index in [1.165, 1.54) is 0 Å². The molecule has 2 saturated heterocycles. The molecule has 1 aromatic heterocycles. The molecule has 8 heteroatoms. The Balaban J connectivity index is 1.47. The molecule has 1 atom stereocenters. The molecule has 3 heterocycles.